The fourth-order valence-corrected chi connectivity index (χ4v) is 2.20. The number of halogens is 5. The van der Waals surface area contributed by atoms with Crippen LogP contribution in [0.2, 0.25) is 0 Å². The number of hydrogen-bond donors (Lipinski definition) is 0. The average Bonchev–Trinajstić information content (AvgIpc) is 2.71. The Labute approximate surface area is 121 Å². The van der Waals surface area contributed by atoms with Crippen molar-refractivity contribution in [3.8, 4) is 6.07 Å². The van der Waals surface area contributed by atoms with E-state index in [9.17, 15) is 13.2 Å². The smallest absolute Gasteiger partial charge is 0.298 e. The molecular formula is C9H7Cl2F3N4S. The predicted molar refractivity (Wildman–Crippen MR) is 65.5 cm³/mol. The summed E-state index contributed by atoms with van der Waals surface area (Å²) < 4.78 is 38.8. The van der Waals surface area contributed by atoms with Gasteiger partial charge in [-0.25, -0.2) is 0 Å². The van der Waals surface area contributed by atoms with Gasteiger partial charge in [0.15, 0.2) is 5.16 Å². The van der Waals surface area contributed by atoms with Crippen LogP contribution in [-0.4, -0.2) is 14.8 Å². The summed E-state index contributed by atoms with van der Waals surface area (Å²) in [5.41, 5.74) is 0. The Morgan fingerprint density at radius 3 is 2.53 bits per heavy atom. The molecule has 0 spiro atoms. The summed E-state index contributed by atoms with van der Waals surface area (Å²) >= 11 is 11.8. The summed E-state index contributed by atoms with van der Waals surface area (Å²) in [5.74, 6) is -1.10. The van der Waals surface area contributed by atoms with Crippen molar-refractivity contribution in [2.45, 2.75) is 31.2 Å². The fraction of sp³-hybridized carbons (Fsp3) is 0.444. The summed E-state index contributed by atoms with van der Waals surface area (Å²) in [6, 6.07) is 1.59. The van der Waals surface area contributed by atoms with Crippen molar-refractivity contribution in [1.29, 1.82) is 5.26 Å². The van der Waals surface area contributed by atoms with Gasteiger partial charge in [-0.15, -0.1) is 10.2 Å². The number of thioether (sulfide) groups is 1. The molecule has 0 unspecified atom stereocenters. The summed E-state index contributed by atoms with van der Waals surface area (Å²) in [7, 11) is 0. The largest absolute Gasteiger partial charge is 0.451 e. The minimum absolute atomic E-state index is 0.0624. The number of allylic oxidation sites excluding steroid dienone is 1. The second-order valence-electron chi connectivity index (χ2n) is 3.26. The maximum Gasteiger partial charge on any atom is 0.451 e. The monoisotopic (exact) mass is 330 g/mol. The minimum atomic E-state index is -4.60. The highest BCUT2D eigenvalue weighted by molar-refractivity contribution is 8.04. The Morgan fingerprint density at radius 2 is 2.05 bits per heavy atom. The first-order valence-electron chi connectivity index (χ1n) is 4.94. The molecule has 0 bridgehead atoms. The van der Waals surface area contributed by atoms with Crippen LogP contribution in [0.15, 0.2) is 14.6 Å². The third-order valence-electron chi connectivity index (χ3n) is 1.87. The standard InChI is InChI=1S/C9H7Cl2F3N4S/c1-2-3-18-7(9(12,13)14)16-17-8(18)19-6(11)5(10)4-15/h2-3H2,1H3. The molecule has 0 fully saturated rings. The van der Waals surface area contributed by atoms with E-state index >= 15 is 0 Å². The normalized spacial score (nSPS) is 13.1. The SMILES string of the molecule is CCCn1c(SC(Cl)=C(Cl)C#N)nnc1C(F)(F)F. The highest BCUT2D eigenvalue weighted by Crippen LogP contribution is 2.35. The summed E-state index contributed by atoms with van der Waals surface area (Å²) in [6.45, 7) is 1.80. The van der Waals surface area contributed by atoms with Crippen molar-refractivity contribution in [2.24, 2.45) is 0 Å². The Kier molecular flexibility index (Phi) is 5.52. The van der Waals surface area contributed by atoms with Crippen LogP contribution in [0.3, 0.4) is 0 Å². The van der Waals surface area contributed by atoms with E-state index in [0.29, 0.717) is 18.2 Å². The highest BCUT2D eigenvalue weighted by atomic mass is 35.5. The molecule has 0 saturated heterocycles. The first-order valence-corrected chi connectivity index (χ1v) is 6.52. The van der Waals surface area contributed by atoms with Gasteiger partial charge in [-0.2, -0.15) is 18.4 Å². The van der Waals surface area contributed by atoms with Gasteiger partial charge in [0, 0.05) is 6.54 Å². The first-order chi connectivity index (χ1) is 8.81. The van der Waals surface area contributed by atoms with Crippen molar-refractivity contribution in [3.05, 3.63) is 15.2 Å². The number of nitriles is 1. The molecule has 0 aliphatic carbocycles. The lowest BCUT2D eigenvalue weighted by atomic mass is 10.4. The number of hydrogen-bond acceptors (Lipinski definition) is 4. The number of alkyl halides is 3. The van der Waals surface area contributed by atoms with E-state index in [4.69, 9.17) is 28.5 Å². The molecule has 104 valence electrons. The molecule has 0 aliphatic rings. The van der Waals surface area contributed by atoms with Crippen LogP contribution < -0.4 is 0 Å². The molecule has 1 aromatic heterocycles. The van der Waals surface area contributed by atoms with E-state index in [-0.39, 0.29) is 21.1 Å². The molecular weight excluding hydrogens is 324 g/mol. The molecule has 4 nitrogen and oxygen atoms in total. The van der Waals surface area contributed by atoms with E-state index in [2.05, 4.69) is 10.2 Å². The second kappa shape index (κ2) is 6.50. The van der Waals surface area contributed by atoms with Gasteiger partial charge in [0.2, 0.25) is 5.82 Å². The van der Waals surface area contributed by atoms with E-state index < -0.39 is 12.0 Å². The molecule has 0 amide bonds. The zero-order chi connectivity index (χ0) is 14.6. The molecule has 0 N–H and O–H groups in total. The van der Waals surface area contributed by atoms with Crippen molar-refractivity contribution < 1.29 is 13.2 Å². The Balaban J connectivity index is 3.17. The van der Waals surface area contributed by atoms with Crippen molar-refractivity contribution >= 4 is 35.0 Å². The molecule has 0 aliphatic heterocycles. The molecule has 1 heterocycles. The Bertz CT molecular complexity index is 533. The quantitative estimate of drug-likeness (QED) is 0.619. The Hall–Kier alpha value is -0.910. The lowest BCUT2D eigenvalue weighted by molar-refractivity contribution is -0.147. The third kappa shape index (κ3) is 4.03. The molecule has 0 saturated carbocycles. The zero-order valence-electron chi connectivity index (χ0n) is 9.50. The minimum Gasteiger partial charge on any atom is -0.298 e. The van der Waals surface area contributed by atoms with Gasteiger partial charge in [-0.1, -0.05) is 30.1 Å². The predicted octanol–water partition coefficient (Wildman–Crippen LogP) is 3.97. The van der Waals surface area contributed by atoms with Gasteiger partial charge in [-0.3, -0.25) is 4.57 Å². The van der Waals surface area contributed by atoms with Crippen LogP contribution >= 0.6 is 35.0 Å². The van der Waals surface area contributed by atoms with Crippen LogP contribution in [-0.2, 0) is 12.7 Å². The van der Waals surface area contributed by atoms with E-state index in [1.807, 2.05) is 0 Å². The molecule has 0 atom stereocenters. The van der Waals surface area contributed by atoms with Crippen molar-refractivity contribution in [2.75, 3.05) is 0 Å². The molecule has 0 radical (unpaired) electrons. The molecule has 1 aromatic rings. The molecule has 1 rings (SSSR count). The van der Waals surface area contributed by atoms with Crippen LogP contribution in [0.5, 0.6) is 0 Å². The maximum atomic E-state index is 12.7. The summed E-state index contributed by atoms with van der Waals surface area (Å²) in [6.07, 6.45) is -4.14. The van der Waals surface area contributed by atoms with Gasteiger partial charge in [-0.05, 0) is 18.2 Å². The molecule has 10 heteroatoms. The topological polar surface area (TPSA) is 54.5 Å². The van der Waals surface area contributed by atoms with Gasteiger partial charge in [0.25, 0.3) is 0 Å². The van der Waals surface area contributed by atoms with Crippen molar-refractivity contribution in [3.63, 3.8) is 0 Å². The third-order valence-corrected chi connectivity index (χ3v) is 3.64. The number of nitrogens with zero attached hydrogens (tertiary/aromatic N) is 4. The average molecular weight is 331 g/mol. The zero-order valence-corrected chi connectivity index (χ0v) is 11.8. The summed E-state index contributed by atoms with van der Waals surface area (Å²) in [4.78, 5) is 0. The van der Waals surface area contributed by atoms with Crippen LogP contribution in [0.4, 0.5) is 13.2 Å². The lowest BCUT2D eigenvalue weighted by Crippen LogP contribution is -2.15. The molecule has 0 aromatic carbocycles. The number of rotatable bonds is 4. The van der Waals surface area contributed by atoms with Crippen LogP contribution in [0, 0.1) is 11.3 Å². The van der Waals surface area contributed by atoms with Crippen LogP contribution in [0.1, 0.15) is 19.2 Å². The van der Waals surface area contributed by atoms with Gasteiger partial charge in [0.05, 0.1) is 0 Å². The maximum absolute atomic E-state index is 12.7. The van der Waals surface area contributed by atoms with Gasteiger partial charge < -0.3 is 0 Å². The van der Waals surface area contributed by atoms with Gasteiger partial charge in [0.1, 0.15) is 15.5 Å². The van der Waals surface area contributed by atoms with Crippen LogP contribution in [0.25, 0.3) is 0 Å². The second-order valence-corrected chi connectivity index (χ2v) is 5.21. The molecule has 19 heavy (non-hydrogen) atoms. The van der Waals surface area contributed by atoms with Crippen molar-refractivity contribution in [1.82, 2.24) is 14.8 Å². The first kappa shape index (κ1) is 16.1. The fourth-order valence-electron chi connectivity index (χ4n) is 1.17. The highest BCUT2D eigenvalue weighted by Gasteiger charge is 2.38. The van der Waals surface area contributed by atoms with Gasteiger partial charge >= 0.3 is 6.18 Å². The lowest BCUT2D eigenvalue weighted by Gasteiger charge is -2.10. The van der Waals surface area contributed by atoms with E-state index in [1.54, 1.807) is 13.0 Å². The summed E-state index contributed by atoms with van der Waals surface area (Å²) in [5, 5.41) is 14.7. The Morgan fingerprint density at radius 1 is 1.42 bits per heavy atom. The van der Waals surface area contributed by atoms with E-state index in [1.165, 1.54) is 0 Å². The number of aromatic nitrogens is 3. The van der Waals surface area contributed by atoms with E-state index in [0.717, 1.165) is 4.57 Å².